The summed E-state index contributed by atoms with van der Waals surface area (Å²) in [5, 5.41) is 12.0. The van der Waals surface area contributed by atoms with Crippen LogP contribution in [0.15, 0.2) is 24.3 Å². The first kappa shape index (κ1) is 12.9. The van der Waals surface area contributed by atoms with Crippen LogP contribution in [0.3, 0.4) is 0 Å². The number of piperidine rings is 1. The summed E-state index contributed by atoms with van der Waals surface area (Å²) in [6.45, 7) is 1.72. The highest BCUT2D eigenvalue weighted by molar-refractivity contribution is 5.81. The Morgan fingerprint density at radius 2 is 2.11 bits per heavy atom. The quantitative estimate of drug-likeness (QED) is 0.852. The van der Waals surface area contributed by atoms with Gasteiger partial charge in [0, 0.05) is 13.6 Å². The maximum absolute atomic E-state index is 11.8. The molecule has 0 bridgehead atoms. The molecule has 18 heavy (non-hydrogen) atoms. The van der Waals surface area contributed by atoms with Gasteiger partial charge in [0.1, 0.15) is 5.75 Å². The monoisotopic (exact) mass is 248 g/mol. The van der Waals surface area contributed by atoms with E-state index in [1.54, 1.807) is 19.2 Å². The Balaban J connectivity index is 2.05. The molecule has 1 aromatic carbocycles. The molecule has 4 nitrogen and oxygen atoms in total. The average Bonchev–Trinajstić information content (AvgIpc) is 2.41. The topological polar surface area (TPSA) is 52.6 Å². The molecule has 2 N–H and O–H groups in total. The molecule has 0 radical (unpaired) electrons. The van der Waals surface area contributed by atoms with Gasteiger partial charge in [-0.1, -0.05) is 18.6 Å². The summed E-state index contributed by atoms with van der Waals surface area (Å²) >= 11 is 0. The highest BCUT2D eigenvalue weighted by atomic mass is 16.3. The van der Waals surface area contributed by atoms with Gasteiger partial charge >= 0.3 is 0 Å². The van der Waals surface area contributed by atoms with Crippen LogP contribution in [0.5, 0.6) is 5.75 Å². The number of aromatic hydroxyl groups is 1. The van der Waals surface area contributed by atoms with Crippen LogP contribution in [0, 0.1) is 0 Å². The maximum Gasteiger partial charge on any atom is 0.237 e. The summed E-state index contributed by atoms with van der Waals surface area (Å²) in [5.74, 6) is 0.383. The molecule has 1 fully saturated rings. The first-order valence-electron chi connectivity index (χ1n) is 6.44. The molecule has 2 rings (SSSR count). The molecule has 1 amide bonds. The van der Waals surface area contributed by atoms with Gasteiger partial charge < -0.3 is 10.4 Å². The first-order chi connectivity index (χ1) is 8.70. The van der Waals surface area contributed by atoms with Gasteiger partial charge in [-0.3, -0.25) is 9.69 Å². The molecule has 0 saturated carbocycles. The van der Waals surface area contributed by atoms with Crippen molar-refractivity contribution in [3.63, 3.8) is 0 Å². The Bertz CT molecular complexity index is 403. The van der Waals surface area contributed by atoms with E-state index in [9.17, 15) is 9.90 Å². The number of likely N-dealkylation sites (tertiary alicyclic amines) is 1. The van der Waals surface area contributed by atoms with Crippen LogP contribution >= 0.6 is 0 Å². The SMILES string of the molecule is CNC(=O)C1CCCCN1Cc1ccc(O)cc1. The molecule has 0 spiro atoms. The normalized spacial score (nSPS) is 20.6. The Morgan fingerprint density at radius 1 is 1.39 bits per heavy atom. The lowest BCUT2D eigenvalue weighted by Crippen LogP contribution is -2.48. The lowest BCUT2D eigenvalue weighted by atomic mass is 10.0. The highest BCUT2D eigenvalue weighted by Crippen LogP contribution is 2.20. The second-order valence-electron chi connectivity index (χ2n) is 4.76. The van der Waals surface area contributed by atoms with Crippen LogP contribution < -0.4 is 5.32 Å². The molecule has 1 unspecified atom stereocenters. The van der Waals surface area contributed by atoms with Gasteiger partial charge in [-0.05, 0) is 37.1 Å². The zero-order valence-electron chi connectivity index (χ0n) is 10.7. The van der Waals surface area contributed by atoms with Crippen LogP contribution in [-0.4, -0.2) is 35.5 Å². The minimum atomic E-state index is -0.0162. The lowest BCUT2D eigenvalue weighted by Gasteiger charge is -2.34. The molecule has 1 saturated heterocycles. The van der Waals surface area contributed by atoms with Crippen molar-refractivity contribution >= 4 is 5.91 Å². The van der Waals surface area contributed by atoms with Crippen molar-refractivity contribution in [2.75, 3.05) is 13.6 Å². The van der Waals surface area contributed by atoms with Crippen LogP contribution in [0.25, 0.3) is 0 Å². The van der Waals surface area contributed by atoms with E-state index < -0.39 is 0 Å². The molecule has 0 aromatic heterocycles. The molecule has 0 aliphatic carbocycles. The third-order valence-electron chi connectivity index (χ3n) is 3.48. The van der Waals surface area contributed by atoms with E-state index in [1.165, 1.54) is 0 Å². The highest BCUT2D eigenvalue weighted by Gasteiger charge is 2.27. The van der Waals surface area contributed by atoms with Crippen molar-refractivity contribution in [3.8, 4) is 5.75 Å². The number of nitrogens with one attached hydrogen (secondary N) is 1. The molecule has 1 aromatic rings. The standard InChI is InChI=1S/C14H20N2O2/c1-15-14(18)13-4-2-3-9-16(13)10-11-5-7-12(17)8-6-11/h5-8,13,17H,2-4,9-10H2,1H3,(H,15,18). The number of hydrogen-bond donors (Lipinski definition) is 2. The van der Waals surface area contributed by atoms with E-state index in [4.69, 9.17) is 0 Å². The summed E-state index contributed by atoms with van der Waals surface area (Å²) in [7, 11) is 1.69. The molecule has 1 atom stereocenters. The molecule has 1 aliphatic heterocycles. The van der Waals surface area contributed by atoms with Gasteiger partial charge in [0.05, 0.1) is 6.04 Å². The van der Waals surface area contributed by atoms with E-state index in [-0.39, 0.29) is 17.7 Å². The van der Waals surface area contributed by atoms with Crippen molar-refractivity contribution in [3.05, 3.63) is 29.8 Å². The van der Waals surface area contributed by atoms with Crippen molar-refractivity contribution in [2.24, 2.45) is 0 Å². The minimum Gasteiger partial charge on any atom is -0.508 e. The molecule has 1 aliphatic rings. The largest absolute Gasteiger partial charge is 0.508 e. The number of likely N-dealkylation sites (N-methyl/N-ethyl adjacent to an activating group) is 1. The van der Waals surface area contributed by atoms with E-state index in [1.807, 2.05) is 12.1 Å². The summed E-state index contributed by atoms with van der Waals surface area (Å²) in [4.78, 5) is 14.0. The average molecular weight is 248 g/mol. The molecular formula is C14H20N2O2. The number of benzene rings is 1. The Hall–Kier alpha value is -1.55. The third-order valence-corrected chi connectivity index (χ3v) is 3.48. The number of nitrogens with zero attached hydrogens (tertiary/aromatic N) is 1. The molecular weight excluding hydrogens is 228 g/mol. The zero-order valence-corrected chi connectivity index (χ0v) is 10.7. The van der Waals surface area contributed by atoms with E-state index >= 15 is 0 Å². The van der Waals surface area contributed by atoms with Crippen LogP contribution in [-0.2, 0) is 11.3 Å². The Labute approximate surface area is 108 Å². The first-order valence-corrected chi connectivity index (χ1v) is 6.44. The summed E-state index contributed by atoms with van der Waals surface area (Å²) in [6.07, 6.45) is 3.19. The number of carbonyl (C=O) groups is 1. The van der Waals surface area contributed by atoms with Crippen molar-refractivity contribution in [1.82, 2.24) is 10.2 Å². The van der Waals surface area contributed by atoms with Gasteiger partial charge in [0.15, 0.2) is 0 Å². The number of rotatable bonds is 3. The predicted octanol–water partition coefficient (Wildman–Crippen LogP) is 1.49. The fraction of sp³-hybridized carbons (Fsp3) is 0.500. The molecule has 98 valence electrons. The second kappa shape index (κ2) is 5.87. The fourth-order valence-electron chi connectivity index (χ4n) is 2.48. The minimum absolute atomic E-state index is 0.0162. The van der Waals surface area contributed by atoms with Gasteiger partial charge in [0.25, 0.3) is 0 Å². The fourth-order valence-corrected chi connectivity index (χ4v) is 2.48. The summed E-state index contributed by atoms with van der Waals surface area (Å²) in [5.41, 5.74) is 1.13. The number of carbonyl (C=O) groups excluding carboxylic acids is 1. The Kier molecular flexibility index (Phi) is 4.20. The van der Waals surface area contributed by atoms with Gasteiger partial charge in [-0.2, -0.15) is 0 Å². The van der Waals surface area contributed by atoms with Crippen LogP contribution in [0.2, 0.25) is 0 Å². The van der Waals surface area contributed by atoms with Gasteiger partial charge in [0.2, 0.25) is 5.91 Å². The number of hydrogen-bond acceptors (Lipinski definition) is 3. The lowest BCUT2D eigenvalue weighted by molar-refractivity contribution is -0.127. The second-order valence-corrected chi connectivity index (χ2v) is 4.76. The summed E-state index contributed by atoms with van der Waals surface area (Å²) < 4.78 is 0. The Morgan fingerprint density at radius 3 is 2.78 bits per heavy atom. The maximum atomic E-state index is 11.8. The third kappa shape index (κ3) is 3.01. The van der Waals surface area contributed by atoms with E-state index in [2.05, 4.69) is 10.2 Å². The number of phenolic OH excluding ortho intramolecular Hbond substituents is 1. The number of phenols is 1. The van der Waals surface area contributed by atoms with Gasteiger partial charge in [-0.25, -0.2) is 0 Å². The van der Waals surface area contributed by atoms with Crippen molar-refractivity contribution in [2.45, 2.75) is 31.8 Å². The van der Waals surface area contributed by atoms with Crippen LogP contribution in [0.4, 0.5) is 0 Å². The van der Waals surface area contributed by atoms with Crippen molar-refractivity contribution in [1.29, 1.82) is 0 Å². The van der Waals surface area contributed by atoms with Gasteiger partial charge in [-0.15, -0.1) is 0 Å². The predicted molar refractivity (Wildman–Crippen MR) is 70.2 cm³/mol. The summed E-state index contributed by atoms with van der Waals surface area (Å²) in [6, 6.07) is 7.18. The van der Waals surface area contributed by atoms with E-state index in [0.29, 0.717) is 0 Å². The number of amides is 1. The molecule has 1 heterocycles. The van der Waals surface area contributed by atoms with E-state index in [0.717, 1.165) is 37.9 Å². The van der Waals surface area contributed by atoms with Crippen LogP contribution in [0.1, 0.15) is 24.8 Å². The smallest absolute Gasteiger partial charge is 0.237 e. The zero-order chi connectivity index (χ0) is 13.0. The molecule has 4 heteroatoms. The van der Waals surface area contributed by atoms with Crippen molar-refractivity contribution < 1.29 is 9.90 Å².